The van der Waals surface area contributed by atoms with E-state index in [1.165, 1.54) is 20.2 Å². The molecule has 0 heterocycles. The normalized spacial score (nSPS) is 11.5. The minimum Gasteiger partial charge on any atom is -0.484 e. The predicted octanol–water partition coefficient (Wildman–Crippen LogP) is 3.18. The van der Waals surface area contributed by atoms with Gasteiger partial charge in [0, 0.05) is 23.4 Å². The number of nitrogens with one attached hydrogen (secondary N) is 1. The number of amides is 1. The Bertz CT molecular complexity index is 910. The van der Waals surface area contributed by atoms with Gasteiger partial charge in [-0.1, -0.05) is 0 Å². The van der Waals surface area contributed by atoms with Crippen molar-refractivity contribution >= 4 is 44.2 Å². The highest BCUT2D eigenvalue weighted by molar-refractivity contribution is 14.1. The zero-order chi connectivity index (χ0) is 19.5. The largest absolute Gasteiger partial charge is 0.484 e. The quantitative estimate of drug-likeness (QED) is 0.634. The van der Waals surface area contributed by atoms with Crippen LogP contribution in [0.15, 0.2) is 41.3 Å². The molecule has 0 radical (unpaired) electrons. The van der Waals surface area contributed by atoms with Crippen molar-refractivity contribution in [2.75, 3.05) is 26.0 Å². The van der Waals surface area contributed by atoms with Gasteiger partial charge in [0.2, 0.25) is 10.0 Å². The van der Waals surface area contributed by atoms with Crippen molar-refractivity contribution in [1.29, 1.82) is 0 Å². The zero-order valence-electron chi connectivity index (χ0n) is 15.0. The Kier molecular flexibility index (Phi) is 6.64. The summed E-state index contributed by atoms with van der Waals surface area (Å²) in [5.74, 6) is 0.239. The number of sulfonamides is 1. The minimum atomic E-state index is -3.58. The number of anilines is 1. The first kappa shape index (κ1) is 20.7. The van der Waals surface area contributed by atoms with Gasteiger partial charge in [-0.3, -0.25) is 4.79 Å². The maximum atomic E-state index is 12.4. The molecule has 0 aliphatic heterocycles. The van der Waals surface area contributed by atoms with Gasteiger partial charge in [-0.25, -0.2) is 12.7 Å². The van der Waals surface area contributed by atoms with Crippen LogP contribution in [-0.2, 0) is 14.8 Å². The van der Waals surface area contributed by atoms with E-state index in [0.717, 1.165) is 19.0 Å². The average Bonchev–Trinajstić information content (AvgIpc) is 2.58. The second-order valence-corrected chi connectivity index (χ2v) is 9.39. The zero-order valence-corrected chi connectivity index (χ0v) is 18.0. The van der Waals surface area contributed by atoms with E-state index in [-0.39, 0.29) is 17.4 Å². The van der Waals surface area contributed by atoms with Crippen LogP contribution in [0.3, 0.4) is 0 Å². The number of carbonyl (C=O) groups excluding carboxylic acids is 1. The topological polar surface area (TPSA) is 75.7 Å². The van der Waals surface area contributed by atoms with Crippen LogP contribution in [0.2, 0.25) is 0 Å². The van der Waals surface area contributed by atoms with E-state index >= 15 is 0 Å². The van der Waals surface area contributed by atoms with E-state index in [0.29, 0.717) is 11.4 Å². The number of benzene rings is 2. The number of halogens is 1. The Morgan fingerprint density at radius 3 is 2.35 bits per heavy atom. The Morgan fingerprint density at radius 2 is 1.77 bits per heavy atom. The molecule has 0 aliphatic carbocycles. The molecular weight excluding hydrogens is 467 g/mol. The lowest BCUT2D eigenvalue weighted by atomic mass is 10.1. The molecule has 1 N–H and O–H groups in total. The highest BCUT2D eigenvalue weighted by Gasteiger charge is 2.20. The number of ether oxygens (including phenoxy) is 1. The number of aryl methyl sites for hydroxylation is 1. The van der Waals surface area contributed by atoms with Crippen LogP contribution in [0.5, 0.6) is 5.75 Å². The molecule has 0 atom stereocenters. The Labute approximate surface area is 167 Å². The summed E-state index contributed by atoms with van der Waals surface area (Å²) >= 11 is 2.19. The van der Waals surface area contributed by atoms with E-state index in [9.17, 15) is 13.2 Å². The average molecular weight is 488 g/mol. The summed E-state index contributed by atoms with van der Waals surface area (Å²) in [6.45, 7) is 3.47. The second-order valence-electron chi connectivity index (χ2n) is 5.99. The fourth-order valence-electron chi connectivity index (χ4n) is 2.18. The van der Waals surface area contributed by atoms with E-state index in [1.807, 2.05) is 26.0 Å². The number of rotatable bonds is 6. The van der Waals surface area contributed by atoms with Crippen LogP contribution in [0.4, 0.5) is 5.69 Å². The lowest BCUT2D eigenvalue weighted by Gasteiger charge is -2.16. The molecule has 0 saturated heterocycles. The van der Waals surface area contributed by atoms with Crippen LogP contribution in [0, 0.1) is 17.4 Å². The summed E-state index contributed by atoms with van der Waals surface area (Å²) in [6.07, 6.45) is 0. The molecule has 0 unspecified atom stereocenters. The molecule has 0 aliphatic rings. The van der Waals surface area contributed by atoms with Crippen LogP contribution < -0.4 is 10.1 Å². The van der Waals surface area contributed by atoms with Gasteiger partial charge in [0.15, 0.2) is 6.61 Å². The maximum Gasteiger partial charge on any atom is 0.262 e. The van der Waals surface area contributed by atoms with Crippen molar-refractivity contribution in [1.82, 2.24) is 4.31 Å². The maximum absolute atomic E-state index is 12.4. The van der Waals surface area contributed by atoms with Gasteiger partial charge in [-0.05, 0) is 84.0 Å². The van der Waals surface area contributed by atoms with Gasteiger partial charge in [0.05, 0.1) is 4.90 Å². The molecule has 2 rings (SSSR count). The Balaban J connectivity index is 2.16. The van der Waals surface area contributed by atoms with Crippen LogP contribution in [0.1, 0.15) is 11.1 Å². The van der Waals surface area contributed by atoms with Gasteiger partial charge in [-0.15, -0.1) is 0 Å². The molecule has 140 valence electrons. The number of hydrogen-bond donors (Lipinski definition) is 1. The molecule has 0 fully saturated rings. The molecule has 0 bridgehead atoms. The molecule has 0 saturated carbocycles. The lowest BCUT2D eigenvalue weighted by Crippen LogP contribution is -2.24. The van der Waals surface area contributed by atoms with Crippen molar-refractivity contribution in [3.8, 4) is 5.75 Å². The highest BCUT2D eigenvalue weighted by Crippen LogP contribution is 2.25. The summed E-state index contributed by atoms with van der Waals surface area (Å²) in [5.41, 5.74) is 2.05. The van der Waals surface area contributed by atoms with E-state index in [2.05, 4.69) is 27.9 Å². The molecular formula is C18H21IN2O4S. The number of nitrogens with zero attached hydrogens (tertiary/aromatic N) is 1. The first-order valence-corrected chi connectivity index (χ1v) is 10.3. The van der Waals surface area contributed by atoms with Crippen molar-refractivity contribution in [2.45, 2.75) is 18.7 Å². The first-order valence-electron chi connectivity index (χ1n) is 7.83. The Morgan fingerprint density at radius 1 is 1.15 bits per heavy atom. The summed E-state index contributed by atoms with van der Waals surface area (Å²) in [4.78, 5) is 12.4. The smallest absolute Gasteiger partial charge is 0.262 e. The van der Waals surface area contributed by atoms with Crippen molar-refractivity contribution in [3.63, 3.8) is 0 Å². The predicted molar refractivity (Wildman–Crippen MR) is 110 cm³/mol. The van der Waals surface area contributed by atoms with Gasteiger partial charge >= 0.3 is 0 Å². The summed E-state index contributed by atoms with van der Waals surface area (Å²) in [7, 11) is -0.644. The lowest BCUT2D eigenvalue weighted by molar-refractivity contribution is -0.118. The third-order valence-corrected chi connectivity index (χ3v) is 6.39. The SMILES string of the molecule is Cc1cc(S(=O)(=O)N(C)C)cc(NC(=O)COc2ccc(I)cc2)c1C. The molecule has 8 heteroatoms. The van der Waals surface area contributed by atoms with Gasteiger partial charge < -0.3 is 10.1 Å². The number of carbonyl (C=O) groups is 1. The van der Waals surface area contributed by atoms with E-state index in [1.54, 1.807) is 18.2 Å². The summed E-state index contributed by atoms with van der Waals surface area (Å²) in [5, 5.41) is 2.74. The molecule has 0 spiro atoms. The third-order valence-electron chi connectivity index (χ3n) is 3.88. The number of hydrogen-bond acceptors (Lipinski definition) is 4. The summed E-state index contributed by atoms with van der Waals surface area (Å²) in [6, 6.07) is 10.4. The molecule has 2 aromatic carbocycles. The highest BCUT2D eigenvalue weighted by atomic mass is 127. The van der Waals surface area contributed by atoms with Crippen LogP contribution >= 0.6 is 22.6 Å². The fourth-order valence-corrected chi connectivity index (χ4v) is 3.56. The van der Waals surface area contributed by atoms with Gasteiger partial charge in [-0.2, -0.15) is 0 Å². The monoisotopic (exact) mass is 488 g/mol. The van der Waals surface area contributed by atoms with Crippen molar-refractivity contribution in [3.05, 3.63) is 51.1 Å². The third kappa shape index (κ3) is 4.95. The van der Waals surface area contributed by atoms with Crippen LogP contribution in [0.25, 0.3) is 0 Å². The molecule has 1 amide bonds. The van der Waals surface area contributed by atoms with Gasteiger partial charge in [0.1, 0.15) is 5.75 Å². The standard InChI is InChI=1S/C18H21IN2O4S/c1-12-9-16(26(23,24)21(3)4)10-17(13(12)2)20-18(22)11-25-15-7-5-14(19)6-8-15/h5-10H,11H2,1-4H3,(H,20,22). The minimum absolute atomic E-state index is 0.138. The molecule has 6 nitrogen and oxygen atoms in total. The van der Waals surface area contributed by atoms with E-state index in [4.69, 9.17) is 4.74 Å². The fraction of sp³-hybridized carbons (Fsp3) is 0.278. The molecule has 0 aromatic heterocycles. The van der Waals surface area contributed by atoms with Crippen molar-refractivity contribution in [2.24, 2.45) is 0 Å². The molecule has 26 heavy (non-hydrogen) atoms. The summed E-state index contributed by atoms with van der Waals surface area (Å²) < 4.78 is 32.4. The van der Waals surface area contributed by atoms with Crippen molar-refractivity contribution < 1.29 is 17.9 Å². The molecule has 2 aromatic rings. The van der Waals surface area contributed by atoms with Crippen LogP contribution in [-0.4, -0.2) is 39.3 Å². The second kappa shape index (κ2) is 8.36. The van der Waals surface area contributed by atoms with E-state index < -0.39 is 10.0 Å². The first-order chi connectivity index (χ1) is 12.1. The van der Waals surface area contributed by atoms with Gasteiger partial charge in [0.25, 0.3) is 5.91 Å². The Hall–Kier alpha value is -1.65.